The Morgan fingerprint density at radius 1 is 1.32 bits per heavy atom. The Morgan fingerprint density at radius 3 is 2.68 bits per heavy atom. The lowest BCUT2D eigenvalue weighted by atomic mass is 10.1. The number of hydrogen-bond donors (Lipinski definition) is 1. The fraction of sp³-hybridized carbons (Fsp3) is 0.500. The summed E-state index contributed by atoms with van der Waals surface area (Å²) in [4.78, 5) is 0.0407. The van der Waals surface area contributed by atoms with Gasteiger partial charge < -0.3 is 5.11 Å². The normalized spacial score (nSPS) is 21.5. The van der Waals surface area contributed by atoms with Crippen LogP contribution < -0.4 is 0 Å². The fourth-order valence-corrected chi connectivity index (χ4v) is 4.72. The van der Waals surface area contributed by atoms with Gasteiger partial charge in [0.15, 0.2) is 0 Å². The first-order valence-corrected chi connectivity index (χ1v) is 8.24. The molecule has 1 atom stereocenters. The van der Waals surface area contributed by atoms with Gasteiger partial charge in [-0.2, -0.15) is 4.31 Å². The van der Waals surface area contributed by atoms with Gasteiger partial charge >= 0.3 is 0 Å². The molecule has 1 aliphatic rings. The highest BCUT2D eigenvalue weighted by atomic mass is 35.5. The van der Waals surface area contributed by atoms with E-state index in [0.29, 0.717) is 18.0 Å². The molecule has 1 aromatic carbocycles. The first kappa shape index (κ1) is 15.1. The van der Waals surface area contributed by atoms with Crippen LogP contribution in [0.25, 0.3) is 0 Å². The van der Waals surface area contributed by atoms with E-state index in [9.17, 15) is 13.5 Å². The molecule has 0 saturated carbocycles. The van der Waals surface area contributed by atoms with Crippen molar-refractivity contribution < 1.29 is 13.5 Å². The van der Waals surface area contributed by atoms with E-state index in [4.69, 9.17) is 23.2 Å². The highest BCUT2D eigenvalue weighted by molar-refractivity contribution is 7.89. The molecular formula is C12H15Cl2NO3S. The number of benzene rings is 1. The summed E-state index contributed by atoms with van der Waals surface area (Å²) < 4.78 is 26.5. The molecule has 7 heteroatoms. The van der Waals surface area contributed by atoms with Crippen molar-refractivity contribution in [1.82, 2.24) is 4.31 Å². The molecule has 0 bridgehead atoms. The van der Waals surface area contributed by atoms with E-state index in [1.54, 1.807) is 0 Å². The molecule has 0 aliphatic carbocycles. The Labute approximate surface area is 123 Å². The SMILES string of the molecule is O=S(=O)(c1ccc(Cl)cc1Cl)N1CCCCC1CO. The Kier molecular flexibility index (Phi) is 4.74. The molecule has 0 amide bonds. The molecule has 1 unspecified atom stereocenters. The summed E-state index contributed by atoms with van der Waals surface area (Å²) in [5, 5.41) is 9.82. The summed E-state index contributed by atoms with van der Waals surface area (Å²) in [5.74, 6) is 0. The standard InChI is InChI=1S/C12H15Cl2NO3S/c13-9-4-5-12(11(14)7-9)19(17,18)15-6-2-1-3-10(15)8-16/h4-5,7,10,16H,1-3,6,8H2. The van der Waals surface area contributed by atoms with Gasteiger partial charge in [-0.05, 0) is 31.0 Å². The van der Waals surface area contributed by atoms with Gasteiger partial charge in [-0.3, -0.25) is 0 Å². The van der Waals surface area contributed by atoms with Crippen LogP contribution in [0, 0.1) is 0 Å². The minimum atomic E-state index is -3.69. The van der Waals surface area contributed by atoms with Crippen LogP contribution in [-0.2, 0) is 10.0 Å². The summed E-state index contributed by atoms with van der Waals surface area (Å²) in [6.07, 6.45) is 2.38. The zero-order valence-electron chi connectivity index (χ0n) is 10.2. The number of aliphatic hydroxyl groups excluding tert-OH is 1. The molecule has 1 saturated heterocycles. The largest absolute Gasteiger partial charge is 0.395 e. The van der Waals surface area contributed by atoms with Gasteiger partial charge in [0.05, 0.1) is 11.6 Å². The van der Waals surface area contributed by atoms with E-state index < -0.39 is 10.0 Å². The van der Waals surface area contributed by atoms with Gasteiger partial charge in [-0.1, -0.05) is 29.6 Å². The first-order chi connectivity index (χ1) is 8.96. The summed E-state index contributed by atoms with van der Waals surface area (Å²) >= 11 is 11.7. The molecule has 0 spiro atoms. The third-order valence-corrected chi connectivity index (χ3v) is 5.93. The highest BCUT2D eigenvalue weighted by Crippen LogP contribution is 2.31. The molecule has 19 heavy (non-hydrogen) atoms. The van der Waals surface area contributed by atoms with E-state index >= 15 is 0 Å². The van der Waals surface area contributed by atoms with Crippen molar-refractivity contribution in [2.24, 2.45) is 0 Å². The maximum atomic E-state index is 12.6. The Hall–Kier alpha value is -0.330. The van der Waals surface area contributed by atoms with E-state index in [0.717, 1.165) is 12.8 Å². The second-order valence-electron chi connectivity index (χ2n) is 4.52. The number of sulfonamides is 1. The monoisotopic (exact) mass is 323 g/mol. The van der Waals surface area contributed by atoms with Crippen molar-refractivity contribution in [1.29, 1.82) is 0 Å². The topological polar surface area (TPSA) is 57.6 Å². The second kappa shape index (κ2) is 5.97. The van der Waals surface area contributed by atoms with Crippen molar-refractivity contribution in [3.63, 3.8) is 0 Å². The predicted molar refractivity (Wildman–Crippen MR) is 75.1 cm³/mol. The van der Waals surface area contributed by atoms with Crippen molar-refractivity contribution in [3.8, 4) is 0 Å². The third-order valence-electron chi connectivity index (χ3n) is 3.26. The number of nitrogens with zero attached hydrogens (tertiary/aromatic N) is 1. The Balaban J connectivity index is 2.40. The average molecular weight is 324 g/mol. The molecule has 0 radical (unpaired) electrons. The Bertz CT molecular complexity index is 562. The average Bonchev–Trinajstić information content (AvgIpc) is 2.38. The fourth-order valence-electron chi connectivity index (χ4n) is 2.28. The summed E-state index contributed by atoms with van der Waals surface area (Å²) in [7, 11) is -3.69. The second-order valence-corrected chi connectivity index (χ2v) is 7.23. The van der Waals surface area contributed by atoms with Crippen LogP contribution in [0.1, 0.15) is 19.3 Å². The van der Waals surface area contributed by atoms with Crippen LogP contribution in [-0.4, -0.2) is 37.0 Å². The zero-order chi connectivity index (χ0) is 14.0. The van der Waals surface area contributed by atoms with E-state index in [1.165, 1.54) is 22.5 Å². The predicted octanol–water partition coefficient (Wildman–Crippen LogP) is 2.53. The minimum absolute atomic E-state index is 0.0407. The number of halogens is 2. The number of rotatable bonds is 3. The highest BCUT2D eigenvalue weighted by Gasteiger charge is 2.34. The van der Waals surface area contributed by atoms with E-state index in [2.05, 4.69) is 0 Å². The minimum Gasteiger partial charge on any atom is -0.395 e. The van der Waals surface area contributed by atoms with Crippen LogP contribution in [0.3, 0.4) is 0 Å². The number of aliphatic hydroxyl groups is 1. The summed E-state index contributed by atoms with van der Waals surface area (Å²) in [6, 6.07) is 3.94. The molecule has 0 aromatic heterocycles. The van der Waals surface area contributed by atoms with Gasteiger partial charge in [-0.15, -0.1) is 0 Å². The van der Waals surface area contributed by atoms with Crippen molar-refractivity contribution in [3.05, 3.63) is 28.2 Å². The van der Waals surface area contributed by atoms with E-state index in [-0.39, 0.29) is 22.6 Å². The molecule has 1 aromatic rings. The lowest BCUT2D eigenvalue weighted by molar-refractivity contribution is 0.155. The zero-order valence-corrected chi connectivity index (χ0v) is 12.5. The molecule has 1 fully saturated rings. The van der Waals surface area contributed by atoms with Crippen LogP contribution >= 0.6 is 23.2 Å². The smallest absolute Gasteiger partial charge is 0.244 e. The lowest BCUT2D eigenvalue weighted by Gasteiger charge is -2.33. The molecule has 1 N–H and O–H groups in total. The van der Waals surface area contributed by atoms with Crippen LogP contribution in [0.2, 0.25) is 10.0 Å². The quantitative estimate of drug-likeness (QED) is 0.929. The maximum absolute atomic E-state index is 12.6. The first-order valence-electron chi connectivity index (χ1n) is 6.04. The summed E-state index contributed by atoms with van der Waals surface area (Å²) in [5.41, 5.74) is 0. The maximum Gasteiger partial charge on any atom is 0.244 e. The third kappa shape index (κ3) is 3.06. The number of piperidine rings is 1. The van der Waals surface area contributed by atoms with E-state index in [1.807, 2.05) is 0 Å². The van der Waals surface area contributed by atoms with Crippen molar-refractivity contribution >= 4 is 33.2 Å². The molecule has 1 heterocycles. The van der Waals surface area contributed by atoms with Gasteiger partial charge in [0.25, 0.3) is 0 Å². The van der Waals surface area contributed by atoms with Gasteiger partial charge in [-0.25, -0.2) is 8.42 Å². The van der Waals surface area contributed by atoms with Gasteiger partial charge in [0.2, 0.25) is 10.0 Å². The number of hydrogen-bond acceptors (Lipinski definition) is 3. The Morgan fingerprint density at radius 2 is 2.05 bits per heavy atom. The summed E-state index contributed by atoms with van der Waals surface area (Å²) in [6.45, 7) is 0.233. The lowest BCUT2D eigenvalue weighted by Crippen LogP contribution is -2.45. The van der Waals surface area contributed by atoms with Crippen molar-refractivity contribution in [2.45, 2.75) is 30.2 Å². The van der Waals surface area contributed by atoms with Crippen LogP contribution in [0.4, 0.5) is 0 Å². The van der Waals surface area contributed by atoms with Crippen LogP contribution in [0.15, 0.2) is 23.1 Å². The van der Waals surface area contributed by atoms with Gasteiger partial charge in [0, 0.05) is 17.6 Å². The molecule has 1 aliphatic heterocycles. The van der Waals surface area contributed by atoms with Gasteiger partial charge in [0.1, 0.15) is 4.90 Å². The molecular weight excluding hydrogens is 309 g/mol. The molecule has 2 rings (SSSR count). The molecule has 4 nitrogen and oxygen atoms in total. The molecule has 106 valence electrons. The van der Waals surface area contributed by atoms with Crippen LogP contribution in [0.5, 0.6) is 0 Å². The van der Waals surface area contributed by atoms with Crippen molar-refractivity contribution in [2.75, 3.05) is 13.2 Å².